The van der Waals surface area contributed by atoms with Crippen LogP contribution in [-0.4, -0.2) is 10.8 Å². The largest absolute Gasteiger partial charge is 0.437 e. The Bertz CT molecular complexity index is 1040. The molecular formula is C19H17NO3. The molecule has 0 N–H and O–H groups in total. The first kappa shape index (κ1) is 14.1. The Kier molecular flexibility index (Phi) is 2.77. The third-order valence-corrected chi connectivity index (χ3v) is 4.49. The summed E-state index contributed by atoms with van der Waals surface area (Å²) in [5.41, 5.74) is 2.93. The number of ketones is 1. The fraction of sp³-hybridized carbons (Fsp3) is 0.316. The molecule has 1 aromatic carbocycles. The lowest BCUT2D eigenvalue weighted by Crippen LogP contribution is -2.28. The highest BCUT2D eigenvalue weighted by Gasteiger charge is 2.32. The van der Waals surface area contributed by atoms with Gasteiger partial charge in [0.25, 0.3) is 0 Å². The highest BCUT2D eigenvalue weighted by atomic mass is 16.3. The molecule has 0 aliphatic heterocycles. The Labute approximate surface area is 133 Å². The zero-order chi connectivity index (χ0) is 16.4. The number of hydrogen-bond acceptors (Lipinski definition) is 4. The van der Waals surface area contributed by atoms with E-state index in [0.29, 0.717) is 40.5 Å². The molecular weight excluding hydrogens is 290 g/mol. The van der Waals surface area contributed by atoms with Crippen LogP contribution in [0.3, 0.4) is 0 Å². The minimum Gasteiger partial charge on any atom is -0.437 e. The van der Waals surface area contributed by atoms with Gasteiger partial charge in [0, 0.05) is 12.0 Å². The Morgan fingerprint density at radius 3 is 2.65 bits per heavy atom. The summed E-state index contributed by atoms with van der Waals surface area (Å²) in [5, 5.41) is 0.904. The van der Waals surface area contributed by atoms with Crippen LogP contribution in [0.4, 0.5) is 0 Å². The van der Waals surface area contributed by atoms with Gasteiger partial charge >= 0.3 is 0 Å². The van der Waals surface area contributed by atoms with Crippen molar-refractivity contribution < 1.29 is 9.21 Å². The van der Waals surface area contributed by atoms with Gasteiger partial charge in [-0.05, 0) is 42.5 Å². The maximum absolute atomic E-state index is 12.7. The molecule has 3 aromatic rings. The molecule has 2 heterocycles. The first-order valence-electron chi connectivity index (χ1n) is 7.74. The second-order valence-corrected chi connectivity index (χ2v) is 7.21. The van der Waals surface area contributed by atoms with Crippen molar-refractivity contribution in [2.75, 3.05) is 0 Å². The lowest BCUT2D eigenvalue weighted by Gasteiger charge is -2.29. The van der Waals surface area contributed by atoms with E-state index in [9.17, 15) is 9.59 Å². The highest BCUT2D eigenvalue weighted by Crippen LogP contribution is 2.35. The predicted molar refractivity (Wildman–Crippen MR) is 89.0 cm³/mol. The van der Waals surface area contributed by atoms with Crippen LogP contribution in [0.25, 0.3) is 22.1 Å². The number of fused-ring (bicyclic) bond motifs is 3. The van der Waals surface area contributed by atoms with Gasteiger partial charge in [0.15, 0.2) is 5.78 Å². The number of aromatic nitrogens is 1. The number of Topliss-reactive ketones (excluding diaryl/α,β-unsaturated/α-hetero) is 1. The minimum absolute atomic E-state index is 0.0500. The molecule has 4 rings (SSSR count). The number of carbonyl (C=O) groups is 1. The van der Waals surface area contributed by atoms with Gasteiger partial charge in [-0.1, -0.05) is 19.9 Å². The van der Waals surface area contributed by atoms with Crippen LogP contribution < -0.4 is 5.43 Å². The summed E-state index contributed by atoms with van der Waals surface area (Å²) in [7, 11) is 0. The number of rotatable bonds is 0. The van der Waals surface area contributed by atoms with Crippen molar-refractivity contribution in [3.8, 4) is 0 Å². The predicted octanol–water partition coefficient (Wildman–Crippen LogP) is 3.80. The molecule has 0 fully saturated rings. The van der Waals surface area contributed by atoms with Crippen molar-refractivity contribution in [3.63, 3.8) is 0 Å². The van der Waals surface area contributed by atoms with Gasteiger partial charge in [-0.15, -0.1) is 0 Å². The molecule has 116 valence electrons. The topological polar surface area (TPSA) is 60.2 Å². The summed E-state index contributed by atoms with van der Waals surface area (Å²) in [5.74, 6) is 0.0500. The van der Waals surface area contributed by atoms with Crippen LogP contribution in [0, 0.1) is 12.3 Å². The minimum atomic E-state index is -0.130. The summed E-state index contributed by atoms with van der Waals surface area (Å²) in [6, 6.07) is 7.15. The molecule has 0 spiro atoms. The standard InChI is InChI=1S/C19H17NO3/c1-10-4-5-11-16(6-10)23-18-13(17(11)22)7-12-14(20-18)8-19(2,3)9-15(12)21/h4-7H,8-9H2,1-3H3. The average molecular weight is 307 g/mol. The van der Waals surface area contributed by atoms with E-state index < -0.39 is 0 Å². The number of carbonyl (C=O) groups excluding carboxylic acids is 1. The van der Waals surface area contributed by atoms with Gasteiger partial charge in [-0.25, -0.2) is 4.98 Å². The molecule has 0 saturated carbocycles. The number of hydrogen-bond donors (Lipinski definition) is 0. The molecule has 0 unspecified atom stereocenters. The lowest BCUT2D eigenvalue weighted by atomic mass is 9.75. The molecule has 0 radical (unpaired) electrons. The summed E-state index contributed by atoms with van der Waals surface area (Å²) in [6.07, 6.45) is 1.19. The van der Waals surface area contributed by atoms with Gasteiger partial charge < -0.3 is 4.42 Å². The van der Waals surface area contributed by atoms with E-state index in [0.717, 1.165) is 11.3 Å². The van der Waals surface area contributed by atoms with Crippen molar-refractivity contribution in [2.45, 2.75) is 33.6 Å². The SMILES string of the molecule is Cc1ccc2c(=O)c3cc4c(nc3oc2c1)CC(C)(C)CC4=O. The Morgan fingerprint density at radius 1 is 1.09 bits per heavy atom. The quantitative estimate of drug-likeness (QED) is 0.593. The van der Waals surface area contributed by atoms with E-state index in [1.807, 2.05) is 19.1 Å². The number of benzene rings is 1. The summed E-state index contributed by atoms with van der Waals surface area (Å²) in [6.45, 7) is 6.06. The van der Waals surface area contributed by atoms with E-state index in [2.05, 4.69) is 18.8 Å². The number of nitrogens with zero attached hydrogens (tertiary/aromatic N) is 1. The molecule has 4 nitrogen and oxygen atoms in total. The number of pyridine rings is 1. The van der Waals surface area contributed by atoms with E-state index >= 15 is 0 Å². The molecule has 0 saturated heterocycles. The molecule has 1 aliphatic carbocycles. The Morgan fingerprint density at radius 2 is 1.87 bits per heavy atom. The van der Waals surface area contributed by atoms with Gasteiger partial charge in [-0.2, -0.15) is 0 Å². The molecule has 2 aromatic heterocycles. The molecule has 1 aliphatic rings. The van der Waals surface area contributed by atoms with Crippen LogP contribution >= 0.6 is 0 Å². The van der Waals surface area contributed by atoms with Gasteiger partial charge in [0.05, 0.1) is 16.5 Å². The van der Waals surface area contributed by atoms with E-state index in [1.54, 1.807) is 12.1 Å². The second kappa shape index (κ2) is 4.51. The zero-order valence-electron chi connectivity index (χ0n) is 13.4. The van der Waals surface area contributed by atoms with Gasteiger partial charge in [-0.3, -0.25) is 9.59 Å². The average Bonchev–Trinajstić information content (AvgIpc) is 2.44. The summed E-state index contributed by atoms with van der Waals surface area (Å²) < 4.78 is 5.85. The molecule has 0 bridgehead atoms. The zero-order valence-corrected chi connectivity index (χ0v) is 13.4. The first-order chi connectivity index (χ1) is 10.8. The third kappa shape index (κ3) is 2.17. The molecule has 4 heteroatoms. The monoisotopic (exact) mass is 307 g/mol. The molecule has 0 atom stereocenters. The van der Waals surface area contributed by atoms with Crippen molar-refractivity contribution >= 4 is 27.9 Å². The highest BCUT2D eigenvalue weighted by molar-refractivity contribution is 6.01. The Hall–Kier alpha value is -2.49. The van der Waals surface area contributed by atoms with Crippen LogP contribution in [0.1, 0.15) is 41.9 Å². The Balaban J connectivity index is 2.08. The van der Waals surface area contributed by atoms with Crippen molar-refractivity contribution in [3.05, 3.63) is 51.3 Å². The molecule has 0 amide bonds. The smallest absolute Gasteiger partial charge is 0.230 e. The fourth-order valence-corrected chi connectivity index (χ4v) is 3.35. The third-order valence-electron chi connectivity index (χ3n) is 4.49. The van der Waals surface area contributed by atoms with Gasteiger partial charge in [0.1, 0.15) is 5.58 Å². The van der Waals surface area contributed by atoms with Crippen LogP contribution in [0.5, 0.6) is 0 Å². The van der Waals surface area contributed by atoms with Crippen LogP contribution in [0.2, 0.25) is 0 Å². The van der Waals surface area contributed by atoms with Crippen LogP contribution in [-0.2, 0) is 6.42 Å². The van der Waals surface area contributed by atoms with Crippen molar-refractivity contribution in [1.82, 2.24) is 4.98 Å². The normalized spacial score (nSPS) is 16.7. The number of aryl methyl sites for hydroxylation is 1. The maximum Gasteiger partial charge on any atom is 0.230 e. The maximum atomic E-state index is 12.7. The van der Waals surface area contributed by atoms with E-state index in [1.165, 1.54) is 0 Å². The summed E-state index contributed by atoms with van der Waals surface area (Å²) >= 11 is 0. The summed E-state index contributed by atoms with van der Waals surface area (Å²) in [4.78, 5) is 29.6. The van der Waals surface area contributed by atoms with E-state index in [-0.39, 0.29) is 16.6 Å². The van der Waals surface area contributed by atoms with Crippen molar-refractivity contribution in [1.29, 1.82) is 0 Å². The lowest BCUT2D eigenvalue weighted by molar-refractivity contribution is 0.0910. The van der Waals surface area contributed by atoms with Crippen LogP contribution in [0.15, 0.2) is 33.5 Å². The van der Waals surface area contributed by atoms with Crippen molar-refractivity contribution in [2.24, 2.45) is 5.41 Å². The first-order valence-corrected chi connectivity index (χ1v) is 7.74. The van der Waals surface area contributed by atoms with Gasteiger partial charge in [0.2, 0.25) is 11.1 Å². The fourth-order valence-electron chi connectivity index (χ4n) is 3.35. The second-order valence-electron chi connectivity index (χ2n) is 7.21. The molecule has 23 heavy (non-hydrogen) atoms. The van der Waals surface area contributed by atoms with E-state index in [4.69, 9.17) is 4.42 Å².